The van der Waals surface area contributed by atoms with E-state index in [-0.39, 0.29) is 0 Å². The number of anilines is 3. The van der Waals surface area contributed by atoms with Crippen LogP contribution in [0.5, 0.6) is 0 Å². The van der Waals surface area contributed by atoms with E-state index >= 15 is 0 Å². The van der Waals surface area contributed by atoms with E-state index in [4.69, 9.17) is 5.73 Å². The van der Waals surface area contributed by atoms with Gasteiger partial charge in [-0.25, -0.2) is 4.98 Å². The highest BCUT2D eigenvalue weighted by atomic mass is 15.2. The van der Waals surface area contributed by atoms with Gasteiger partial charge in [-0.05, 0) is 37.3 Å². The predicted molar refractivity (Wildman–Crippen MR) is 95.8 cm³/mol. The summed E-state index contributed by atoms with van der Waals surface area (Å²) in [6, 6.07) is 8.61. The molecule has 1 fully saturated rings. The summed E-state index contributed by atoms with van der Waals surface area (Å²) >= 11 is 0. The van der Waals surface area contributed by atoms with Crippen molar-refractivity contribution in [1.29, 1.82) is 0 Å². The monoisotopic (exact) mass is 311 g/mol. The van der Waals surface area contributed by atoms with Crippen LogP contribution in [-0.4, -0.2) is 29.6 Å². The molecule has 1 aromatic carbocycles. The zero-order valence-corrected chi connectivity index (χ0v) is 13.9. The van der Waals surface area contributed by atoms with Crippen LogP contribution in [0.15, 0.2) is 30.5 Å². The number of benzene rings is 1. The smallest absolute Gasteiger partial charge is 0.221 e. The van der Waals surface area contributed by atoms with Crippen molar-refractivity contribution in [3.63, 3.8) is 0 Å². The quantitative estimate of drug-likeness (QED) is 0.889. The van der Waals surface area contributed by atoms with Gasteiger partial charge in [0.25, 0.3) is 0 Å². The van der Waals surface area contributed by atoms with E-state index in [1.807, 2.05) is 6.20 Å². The molecular weight excluding hydrogens is 286 g/mol. The first kappa shape index (κ1) is 15.6. The van der Waals surface area contributed by atoms with E-state index in [2.05, 4.69) is 58.3 Å². The lowest BCUT2D eigenvalue weighted by Crippen LogP contribution is -2.23. The highest BCUT2D eigenvalue weighted by Gasteiger charge is 2.23. The number of nitrogen functional groups attached to an aromatic ring is 1. The lowest BCUT2D eigenvalue weighted by Gasteiger charge is -2.21. The zero-order valence-electron chi connectivity index (χ0n) is 13.9. The second-order valence-corrected chi connectivity index (χ2v) is 6.22. The maximum Gasteiger partial charge on any atom is 0.221 e. The summed E-state index contributed by atoms with van der Waals surface area (Å²) in [6.07, 6.45) is 3.92. The van der Waals surface area contributed by atoms with Crippen LogP contribution in [0, 0.1) is 12.8 Å². The first-order chi connectivity index (χ1) is 11.2. The number of para-hydroxylation sites is 1. The number of nitrogens with two attached hydrogens (primary N) is 1. The number of hydrogen-bond donors (Lipinski definition) is 2. The molecule has 1 saturated heterocycles. The van der Waals surface area contributed by atoms with Gasteiger partial charge in [0.1, 0.15) is 5.82 Å². The van der Waals surface area contributed by atoms with Crippen molar-refractivity contribution in [2.45, 2.75) is 26.7 Å². The Morgan fingerprint density at radius 1 is 1.35 bits per heavy atom. The van der Waals surface area contributed by atoms with Crippen LogP contribution in [0.2, 0.25) is 0 Å². The fraction of sp³-hybridized carbons (Fsp3) is 0.444. The number of aryl methyl sites for hydroxylation is 2. The lowest BCUT2D eigenvalue weighted by atomic mass is 10.1. The van der Waals surface area contributed by atoms with Gasteiger partial charge < -0.3 is 16.0 Å². The molecule has 5 heteroatoms. The molecule has 3 rings (SSSR count). The van der Waals surface area contributed by atoms with Crippen molar-refractivity contribution < 1.29 is 0 Å². The number of rotatable bonds is 5. The zero-order chi connectivity index (χ0) is 16.2. The van der Waals surface area contributed by atoms with Gasteiger partial charge in [0, 0.05) is 37.1 Å². The van der Waals surface area contributed by atoms with Crippen LogP contribution in [0.3, 0.4) is 0 Å². The molecule has 0 spiro atoms. The van der Waals surface area contributed by atoms with Crippen molar-refractivity contribution >= 4 is 17.5 Å². The van der Waals surface area contributed by atoms with Crippen LogP contribution in [-0.2, 0) is 6.42 Å². The highest BCUT2D eigenvalue weighted by molar-refractivity contribution is 5.54. The summed E-state index contributed by atoms with van der Waals surface area (Å²) in [5.41, 5.74) is 9.53. The van der Waals surface area contributed by atoms with Gasteiger partial charge >= 0.3 is 0 Å². The van der Waals surface area contributed by atoms with Gasteiger partial charge in [0.2, 0.25) is 5.95 Å². The van der Waals surface area contributed by atoms with Crippen molar-refractivity contribution in [2.75, 3.05) is 35.6 Å². The molecule has 1 aliphatic heterocycles. The summed E-state index contributed by atoms with van der Waals surface area (Å²) in [5, 5.41) is 3.48. The largest absolute Gasteiger partial charge is 0.371 e. The maximum atomic E-state index is 5.71. The lowest BCUT2D eigenvalue weighted by molar-refractivity contribution is 0.620. The molecule has 1 atom stereocenters. The Morgan fingerprint density at radius 2 is 2.17 bits per heavy atom. The van der Waals surface area contributed by atoms with E-state index in [9.17, 15) is 0 Å². The number of aromatic nitrogens is 2. The van der Waals surface area contributed by atoms with Crippen LogP contribution in [0.25, 0.3) is 0 Å². The Bertz CT molecular complexity index is 670. The van der Waals surface area contributed by atoms with Crippen molar-refractivity contribution in [3.05, 3.63) is 41.6 Å². The SMILES string of the molecule is CCc1cnc(N)nc1NC[C@@H]1CCN(c2ccccc2C)C1. The second kappa shape index (κ2) is 6.86. The fourth-order valence-electron chi connectivity index (χ4n) is 3.21. The van der Waals surface area contributed by atoms with Gasteiger partial charge in [-0.1, -0.05) is 25.1 Å². The summed E-state index contributed by atoms with van der Waals surface area (Å²) in [4.78, 5) is 10.9. The molecule has 2 aromatic rings. The topological polar surface area (TPSA) is 67.1 Å². The summed E-state index contributed by atoms with van der Waals surface area (Å²) in [5.74, 6) is 1.84. The second-order valence-electron chi connectivity index (χ2n) is 6.22. The molecular formula is C18H25N5. The van der Waals surface area contributed by atoms with Gasteiger partial charge in [0.15, 0.2) is 0 Å². The van der Waals surface area contributed by atoms with E-state index in [1.54, 1.807) is 0 Å². The molecule has 0 bridgehead atoms. The minimum absolute atomic E-state index is 0.331. The first-order valence-corrected chi connectivity index (χ1v) is 8.33. The minimum Gasteiger partial charge on any atom is -0.371 e. The average molecular weight is 311 g/mol. The molecule has 0 radical (unpaired) electrons. The molecule has 0 saturated carbocycles. The average Bonchev–Trinajstić information content (AvgIpc) is 3.02. The number of hydrogen-bond acceptors (Lipinski definition) is 5. The maximum absolute atomic E-state index is 5.71. The van der Waals surface area contributed by atoms with E-state index in [1.165, 1.54) is 17.7 Å². The molecule has 0 amide bonds. The number of nitrogens with one attached hydrogen (secondary N) is 1. The molecule has 0 unspecified atom stereocenters. The normalized spacial score (nSPS) is 17.5. The first-order valence-electron chi connectivity index (χ1n) is 8.33. The Hall–Kier alpha value is -2.30. The van der Waals surface area contributed by atoms with Crippen LogP contribution in [0.4, 0.5) is 17.5 Å². The van der Waals surface area contributed by atoms with Crippen molar-refractivity contribution in [2.24, 2.45) is 5.92 Å². The predicted octanol–water partition coefficient (Wildman–Crippen LogP) is 2.87. The molecule has 1 aliphatic rings. The summed E-state index contributed by atoms with van der Waals surface area (Å²) < 4.78 is 0. The Kier molecular flexibility index (Phi) is 4.65. The molecule has 23 heavy (non-hydrogen) atoms. The third-order valence-electron chi connectivity index (χ3n) is 4.56. The van der Waals surface area contributed by atoms with Gasteiger partial charge in [-0.2, -0.15) is 4.98 Å². The minimum atomic E-state index is 0.331. The van der Waals surface area contributed by atoms with E-state index in [0.29, 0.717) is 11.9 Å². The summed E-state index contributed by atoms with van der Waals surface area (Å²) in [7, 11) is 0. The summed E-state index contributed by atoms with van der Waals surface area (Å²) in [6.45, 7) is 7.41. The van der Waals surface area contributed by atoms with Crippen LogP contribution in [0.1, 0.15) is 24.5 Å². The molecule has 1 aromatic heterocycles. The highest BCUT2D eigenvalue weighted by Crippen LogP contribution is 2.27. The van der Waals surface area contributed by atoms with Crippen molar-refractivity contribution in [1.82, 2.24) is 9.97 Å². The van der Waals surface area contributed by atoms with Crippen LogP contribution < -0.4 is 16.0 Å². The van der Waals surface area contributed by atoms with Crippen LogP contribution >= 0.6 is 0 Å². The van der Waals surface area contributed by atoms with E-state index in [0.717, 1.165) is 37.4 Å². The van der Waals surface area contributed by atoms with E-state index < -0.39 is 0 Å². The van der Waals surface area contributed by atoms with Gasteiger partial charge in [-0.15, -0.1) is 0 Å². The fourth-order valence-corrected chi connectivity index (χ4v) is 3.21. The Labute approximate surface area is 137 Å². The standard InChI is InChI=1S/C18H25N5/c1-3-15-11-21-18(19)22-17(15)20-10-14-8-9-23(12-14)16-7-5-4-6-13(16)2/h4-7,11,14H,3,8-10,12H2,1-2H3,(H3,19,20,21,22)/t14-/m0/s1. The van der Waals surface area contributed by atoms with Gasteiger partial charge in [0.05, 0.1) is 0 Å². The third-order valence-corrected chi connectivity index (χ3v) is 4.56. The Balaban J connectivity index is 1.61. The third kappa shape index (κ3) is 3.55. The number of nitrogens with zero attached hydrogens (tertiary/aromatic N) is 3. The molecule has 5 nitrogen and oxygen atoms in total. The molecule has 0 aliphatic carbocycles. The van der Waals surface area contributed by atoms with Crippen molar-refractivity contribution in [3.8, 4) is 0 Å². The molecule has 2 heterocycles. The molecule has 3 N–H and O–H groups in total. The van der Waals surface area contributed by atoms with Gasteiger partial charge in [-0.3, -0.25) is 0 Å². The molecule has 122 valence electrons. The Morgan fingerprint density at radius 3 is 2.96 bits per heavy atom.